The van der Waals surface area contributed by atoms with E-state index in [2.05, 4.69) is 21.7 Å². The van der Waals surface area contributed by atoms with Gasteiger partial charge < -0.3 is 24.5 Å². The van der Waals surface area contributed by atoms with E-state index in [-0.39, 0.29) is 18.4 Å². The SMILES string of the molecule is CCCN1C[C@@H]2COC[C@H](C1)N(c1cncc(C(=O)N3CCCC3)n1)C2.O=CO. The molecule has 1 aromatic rings. The molecular formula is C20H31N5O4. The minimum absolute atomic E-state index is 0.0125. The Kier molecular flexibility index (Phi) is 7.76. The Hall–Kier alpha value is -2.26. The van der Waals surface area contributed by atoms with Gasteiger partial charge in [-0.2, -0.15) is 0 Å². The lowest BCUT2D eigenvalue weighted by molar-refractivity contribution is -0.122. The van der Waals surface area contributed by atoms with Crippen LogP contribution in [0.4, 0.5) is 5.82 Å². The number of carbonyl (C=O) groups is 2. The molecule has 1 amide bonds. The number of ether oxygens (including phenoxy) is 1. The number of hydrogen-bond acceptors (Lipinski definition) is 7. The Morgan fingerprint density at radius 2 is 2.00 bits per heavy atom. The third-order valence-corrected chi connectivity index (χ3v) is 5.61. The largest absolute Gasteiger partial charge is 0.483 e. The molecule has 3 saturated heterocycles. The van der Waals surface area contributed by atoms with Crippen molar-refractivity contribution in [2.45, 2.75) is 32.2 Å². The molecule has 0 aromatic carbocycles. The first-order valence-electron chi connectivity index (χ1n) is 10.4. The first kappa shape index (κ1) is 21.4. The zero-order valence-corrected chi connectivity index (χ0v) is 17.1. The van der Waals surface area contributed by atoms with Crippen LogP contribution in [0.2, 0.25) is 0 Å². The summed E-state index contributed by atoms with van der Waals surface area (Å²) in [5, 5.41) is 6.89. The molecule has 160 valence electrons. The van der Waals surface area contributed by atoms with Crippen molar-refractivity contribution in [1.29, 1.82) is 0 Å². The molecule has 4 heterocycles. The number of rotatable bonds is 4. The van der Waals surface area contributed by atoms with Crippen molar-refractivity contribution >= 4 is 18.2 Å². The maximum absolute atomic E-state index is 12.7. The second kappa shape index (κ2) is 10.5. The molecule has 3 aliphatic heterocycles. The number of amides is 1. The Morgan fingerprint density at radius 3 is 2.72 bits per heavy atom. The summed E-state index contributed by atoms with van der Waals surface area (Å²) in [6, 6.07) is 0.264. The van der Waals surface area contributed by atoms with Gasteiger partial charge in [-0.1, -0.05) is 6.92 Å². The molecule has 0 saturated carbocycles. The average Bonchev–Trinajstić information content (AvgIpc) is 3.10. The zero-order chi connectivity index (χ0) is 20.6. The predicted molar refractivity (Wildman–Crippen MR) is 108 cm³/mol. The maximum atomic E-state index is 12.7. The molecule has 4 rings (SSSR count). The molecule has 0 radical (unpaired) electrons. The number of fused-ring (bicyclic) bond motifs is 3. The average molecular weight is 405 g/mol. The van der Waals surface area contributed by atoms with Gasteiger partial charge in [0.1, 0.15) is 11.5 Å². The second-order valence-corrected chi connectivity index (χ2v) is 7.84. The van der Waals surface area contributed by atoms with Crippen molar-refractivity contribution < 1.29 is 19.4 Å². The van der Waals surface area contributed by atoms with E-state index in [1.165, 1.54) is 6.42 Å². The van der Waals surface area contributed by atoms with E-state index >= 15 is 0 Å². The first-order valence-corrected chi connectivity index (χ1v) is 10.4. The van der Waals surface area contributed by atoms with Crippen LogP contribution < -0.4 is 4.90 Å². The molecule has 9 heteroatoms. The molecule has 2 atom stereocenters. The standard InChI is InChI=1S/C19H29N5O2.CH2O2/c1-2-5-22-10-15-11-24(16(12-22)14-26-13-15)18-9-20-8-17(21-18)19(25)23-6-3-4-7-23;2-1-3/h8-9,15-16H,2-7,10-14H2,1H3;1H,(H,2,3)/t15-,16-;/m0./s1. The molecule has 1 N–H and O–H groups in total. The van der Waals surface area contributed by atoms with Crippen LogP contribution in [0, 0.1) is 5.92 Å². The van der Waals surface area contributed by atoms with Crippen molar-refractivity contribution in [3.63, 3.8) is 0 Å². The highest BCUT2D eigenvalue weighted by Gasteiger charge is 2.34. The Morgan fingerprint density at radius 1 is 1.24 bits per heavy atom. The minimum Gasteiger partial charge on any atom is -0.483 e. The number of nitrogens with zero attached hydrogens (tertiary/aromatic N) is 5. The summed E-state index contributed by atoms with van der Waals surface area (Å²) < 4.78 is 5.91. The van der Waals surface area contributed by atoms with E-state index in [0.717, 1.165) is 64.5 Å². The molecule has 29 heavy (non-hydrogen) atoms. The summed E-state index contributed by atoms with van der Waals surface area (Å²) in [7, 11) is 0. The fourth-order valence-corrected chi connectivity index (χ4v) is 4.40. The van der Waals surface area contributed by atoms with Gasteiger partial charge in [-0.15, -0.1) is 0 Å². The lowest BCUT2D eigenvalue weighted by atomic mass is 10.1. The summed E-state index contributed by atoms with van der Waals surface area (Å²) in [5.74, 6) is 1.29. The summed E-state index contributed by atoms with van der Waals surface area (Å²) in [6.45, 7) is 9.25. The molecule has 0 spiro atoms. The molecule has 2 bridgehead atoms. The zero-order valence-electron chi connectivity index (χ0n) is 17.1. The number of aromatic nitrogens is 2. The fraction of sp³-hybridized carbons (Fsp3) is 0.700. The lowest BCUT2D eigenvalue weighted by Crippen LogP contribution is -2.44. The molecule has 3 fully saturated rings. The quantitative estimate of drug-likeness (QED) is 0.740. The molecule has 9 nitrogen and oxygen atoms in total. The van der Waals surface area contributed by atoms with Gasteiger partial charge in [-0.25, -0.2) is 4.98 Å². The van der Waals surface area contributed by atoms with Crippen LogP contribution in [0.3, 0.4) is 0 Å². The van der Waals surface area contributed by atoms with Crippen molar-refractivity contribution in [2.75, 3.05) is 57.4 Å². The normalized spacial score (nSPS) is 24.4. The van der Waals surface area contributed by atoms with Gasteiger partial charge in [0.15, 0.2) is 0 Å². The molecule has 0 aliphatic carbocycles. The monoisotopic (exact) mass is 405 g/mol. The van der Waals surface area contributed by atoms with Crippen molar-refractivity contribution in [3.8, 4) is 0 Å². The van der Waals surface area contributed by atoms with Crippen LogP contribution in [0.25, 0.3) is 0 Å². The Balaban J connectivity index is 0.000000755. The van der Waals surface area contributed by atoms with Gasteiger partial charge in [0.05, 0.1) is 31.6 Å². The highest BCUT2D eigenvalue weighted by Crippen LogP contribution is 2.25. The number of likely N-dealkylation sites (tertiary alicyclic amines) is 1. The lowest BCUT2D eigenvalue weighted by Gasteiger charge is -2.31. The van der Waals surface area contributed by atoms with Crippen molar-refractivity contribution in [1.82, 2.24) is 19.8 Å². The summed E-state index contributed by atoms with van der Waals surface area (Å²) >= 11 is 0. The number of carbonyl (C=O) groups excluding carboxylic acids is 1. The minimum atomic E-state index is -0.250. The van der Waals surface area contributed by atoms with Crippen molar-refractivity contribution in [3.05, 3.63) is 18.1 Å². The van der Waals surface area contributed by atoms with Gasteiger partial charge in [-0.05, 0) is 25.8 Å². The van der Waals surface area contributed by atoms with Crippen LogP contribution in [0.15, 0.2) is 12.4 Å². The number of hydrogen-bond donors (Lipinski definition) is 1. The van der Waals surface area contributed by atoms with Crippen LogP contribution in [-0.2, 0) is 9.53 Å². The third-order valence-electron chi connectivity index (χ3n) is 5.61. The van der Waals surface area contributed by atoms with Crippen molar-refractivity contribution in [2.24, 2.45) is 5.92 Å². The maximum Gasteiger partial charge on any atom is 0.290 e. The highest BCUT2D eigenvalue weighted by atomic mass is 16.5. The second-order valence-electron chi connectivity index (χ2n) is 7.84. The topological polar surface area (TPSA) is 99.1 Å². The Labute approximate surface area is 171 Å². The van der Waals surface area contributed by atoms with Crippen LogP contribution in [0.5, 0.6) is 0 Å². The molecule has 1 aromatic heterocycles. The predicted octanol–water partition coefficient (Wildman–Crippen LogP) is 0.960. The molecular weight excluding hydrogens is 374 g/mol. The Bertz CT molecular complexity index is 683. The van der Waals surface area contributed by atoms with Crippen LogP contribution >= 0.6 is 0 Å². The van der Waals surface area contributed by atoms with E-state index < -0.39 is 0 Å². The molecule has 0 unspecified atom stereocenters. The summed E-state index contributed by atoms with van der Waals surface area (Å²) in [6.07, 6.45) is 6.73. The van der Waals surface area contributed by atoms with E-state index in [1.54, 1.807) is 12.4 Å². The number of carboxylic acid groups (broad SMARTS) is 1. The van der Waals surface area contributed by atoms with Gasteiger partial charge >= 0.3 is 0 Å². The summed E-state index contributed by atoms with van der Waals surface area (Å²) in [5.41, 5.74) is 0.467. The van der Waals surface area contributed by atoms with E-state index in [9.17, 15) is 4.79 Å². The van der Waals surface area contributed by atoms with Gasteiger partial charge in [0, 0.05) is 38.6 Å². The van der Waals surface area contributed by atoms with Crippen LogP contribution in [-0.4, -0.2) is 95.8 Å². The first-order chi connectivity index (χ1) is 14.2. The smallest absolute Gasteiger partial charge is 0.290 e. The molecule has 3 aliphatic rings. The van der Waals surface area contributed by atoms with E-state index in [4.69, 9.17) is 19.6 Å². The van der Waals surface area contributed by atoms with Crippen LogP contribution in [0.1, 0.15) is 36.7 Å². The number of anilines is 1. The summed E-state index contributed by atoms with van der Waals surface area (Å²) in [4.78, 5) is 36.9. The van der Waals surface area contributed by atoms with E-state index in [0.29, 0.717) is 18.2 Å². The highest BCUT2D eigenvalue weighted by molar-refractivity contribution is 5.92. The van der Waals surface area contributed by atoms with Gasteiger partial charge in [0.2, 0.25) is 0 Å². The third kappa shape index (κ3) is 5.42. The van der Waals surface area contributed by atoms with E-state index in [1.807, 2.05) is 4.90 Å². The fourth-order valence-electron chi connectivity index (χ4n) is 4.40. The van der Waals surface area contributed by atoms with Gasteiger partial charge in [-0.3, -0.25) is 14.6 Å². The van der Waals surface area contributed by atoms with Gasteiger partial charge in [0.25, 0.3) is 12.4 Å².